The van der Waals surface area contributed by atoms with Crippen molar-refractivity contribution >= 4 is 45.0 Å². The van der Waals surface area contributed by atoms with Crippen LogP contribution in [0.1, 0.15) is 30.4 Å². The average Bonchev–Trinajstić information content (AvgIpc) is 2.86. The number of hydrogen-bond acceptors (Lipinski definition) is 6. The van der Waals surface area contributed by atoms with Gasteiger partial charge in [-0.05, 0) is 32.9 Å². The first-order valence-corrected chi connectivity index (χ1v) is 10.8. The Hall–Kier alpha value is -1.36. The smallest absolute Gasteiger partial charge is 0.410 e. The van der Waals surface area contributed by atoms with Gasteiger partial charge in [0.2, 0.25) is 10.0 Å². The van der Waals surface area contributed by atoms with E-state index in [1.807, 2.05) is 0 Å². The van der Waals surface area contributed by atoms with E-state index < -0.39 is 21.7 Å². The molecule has 0 bridgehead atoms. The minimum absolute atomic E-state index is 0.0216. The number of likely N-dealkylation sites (tertiary alicyclic amines) is 1. The first-order chi connectivity index (χ1) is 12.0. The summed E-state index contributed by atoms with van der Waals surface area (Å²) in [6.45, 7) is 5.80. The fourth-order valence-corrected chi connectivity index (χ4v) is 4.27. The zero-order valence-electron chi connectivity index (χ0n) is 14.7. The lowest BCUT2D eigenvalue weighted by Crippen LogP contribution is -2.61. The minimum atomic E-state index is -3.56. The molecule has 2 heterocycles. The van der Waals surface area contributed by atoms with Gasteiger partial charge in [-0.2, -0.15) is 0 Å². The van der Waals surface area contributed by atoms with Gasteiger partial charge in [0.15, 0.2) is 0 Å². The molecule has 2 rings (SSSR count). The maximum Gasteiger partial charge on any atom is 0.410 e. The molecular formula is C15H22ClN3O5S2. The molecule has 0 aliphatic carbocycles. The van der Waals surface area contributed by atoms with Crippen LogP contribution in [0.4, 0.5) is 4.79 Å². The fourth-order valence-electron chi connectivity index (χ4n) is 2.16. The summed E-state index contributed by atoms with van der Waals surface area (Å²) < 4.78 is 32.3. The molecule has 8 nitrogen and oxygen atoms in total. The van der Waals surface area contributed by atoms with Crippen molar-refractivity contribution in [2.75, 3.05) is 25.4 Å². The topological polar surface area (TPSA) is 105 Å². The Bertz CT molecular complexity index is 766. The third-order valence-corrected chi connectivity index (χ3v) is 6.00. The lowest BCUT2D eigenvalue weighted by atomic mass is 10.1. The van der Waals surface area contributed by atoms with E-state index in [1.165, 1.54) is 4.90 Å². The Morgan fingerprint density at radius 3 is 2.54 bits per heavy atom. The van der Waals surface area contributed by atoms with Gasteiger partial charge in [0.25, 0.3) is 5.91 Å². The van der Waals surface area contributed by atoms with Crippen LogP contribution in [0.5, 0.6) is 0 Å². The third-order valence-electron chi connectivity index (χ3n) is 3.33. The molecule has 11 heteroatoms. The number of thiophene rings is 1. The van der Waals surface area contributed by atoms with Crippen molar-refractivity contribution in [3.8, 4) is 0 Å². The van der Waals surface area contributed by atoms with E-state index in [9.17, 15) is 18.0 Å². The van der Waals surface area contributed by atoms with Crippen molar-refractivity contribution in [3.05, 3.63) is 21.3 Å². The number of sulfonamides is 1. The minimum Gasteiger partial charge on any atom is -0.444 e. The number of hydrogen-bond donors (Lipinski definition) is 2. The van der Waals surface area contributed by atoms with Gasteiger partial charge in [0.05, 0.1) is 21.0 Å². The van der Waals surface area contributed by atoms with Crippen LogP contribution in [-0.2, 0) is 14.8 Å². The zero-order chi connectivity index (χ0) is 19.5. The average molecular weight is 424 g/mol. The molecular weight excluding hydrogens is 402 g/mol. The van der Waals surface area contributed by atoms with Gasteiger partial charge in [-0.3, -0.25) is 4.79 Å². The lowest BCUT2D eigenvalue weighted by Gasteiger charge is -2.39. The van der Waals surface area contributed by atoms with Crippen LogP contribution in [0, 0.1) is 0 Å². The molecule has 0 spiro atoms. The van der Waals surface area contributed by atoms with Crippen molar-refractivity contribution in [3.63, 3.8) is 0 Å². The van der Waals surface area contributed by atoms with E-state index >= 15 is 0 Å². The SMILES string of the molecule is CC(C)(C)OC(=O)N1CC(NS(=O)(=O)CCNC(=O)c2ccc(Cl)s2)C1. The highest BCUT2D eigenvalue weighted by atomic mass is 35.5. The van der Waals surface area contributed by atoms with Gasteiger partial charge in [0.1, 0.15) is 5.60 Å². The monoisotopic (exact) mass is 423 g/mol. The number of nitrogens with zero attached hydrogens (tertiary/aromatic N) is 1. The Balaban J connectivity index is 1.70. The molecule has 146 valence electrons. The van der Waals surface area contributed by atoms with E-state index in [-0.39, 0.29) is 37.3 Å². The second-order valence-corrected chi connectivity index (χ2v) is 10.5. The van der Waals surface area contributed by atoms with Gasteiger partial charge in [-0.15, -0.1) is 11.3 Å². The van der Waals surface area contributed by atoms with E-state index in [1.54, 1.807) is 32.9 Å². The van der Waals surface area contributed by atoms with Gasteiger partial charge in [-0.25, -0.2) is 17.9 Å². The van der Waals surface area contributed by atoms with Gasteiger partial charge < -0.3 is 15.0 Å². The number of amides is 2. The van der Waals surface area contributed by atoms with Gasteiger partial charge >= 0.3 is 6.09 Å². The van der Waals surface area contributed by atoms with Gasteiger partial charge in [-0.1, -0.05) is 11.6 Å². The first-order valence-electron chi connectivity index (χ1n) is 7.97. The van der Waals surface area contributed by atoms with Crippen molar-refractivity contribution in [2.24, 2.45) is 0 Å². The van der Waals surface area contributed by atoms with Crippen molar-refractivity contribution < 1.29 is 22.7 Å². The molecule has 1 fully saturated rings. The summed E-state index contributed by atoms with van der Waals surface area (Å²) >= 11 is 6.88. The largest absolute Gasteiger partial charge is 0.444 e. The second-order valence-electron chi connectivity index (χ2n) is 6.88. The predicted molar refractivity (Wildman–Crippen MR) is 100 cm³/mol. The highest BCUT2D eigenvalue weighted by Gasteiger charge is 2.35. The van der Waals surface area contributed by atoms with Crippen LogP contribution < -0.4 is 10.0 Å². The Morgan fingerprint density at radius 1 is 1.35 bits per heavy atom. The zero-order valence-corrected chi connectivity index (χ0v) is 17.1. The Kier molecular flexibility index (Phi) is 6.54. The molecule has 0 aromatic carbocycles. The summed E-state index contributed by atoms with van der Waals surface area (Å²) in [6, 6.07) is 2.83. The molecule has 2 amide bonds. The summed E-state index contributed by atoms with van der Waals surface area (Å²) in [5.74, 6) is -0.613. The van der Waals surface area contributed by atoms with Crippen molar-refractivity contribution in [1.29, 1.82) is 0 Å². The van der Waals surface area contributed by atoms with E-state index in [0.29, 0.717) is 9.21 Å². The van der Waals surface area contributed by atoms with E-state index in [4.69, 9.17) is 16.3 Å². The molecule has 1 aromatic heterocycles. The van der Waals surface area contributed by atoms with Crippen LogP contribution in [0.15, 0.2) is 12.1 Å². The lowest BCUT2D eigenvalue weighted by molar-refractivity contribution is 0.00736. The van der Waals surface area contributed by atoms with Crippen LogP contribution in [0.25, 0.3) is 0 Å². The number of ether oxygens (including phenoxy) is 1. The second kappa shape index (κ2) is 8.12. The van der Waals surface area contributed by atoms with Crippen molar-refractivity contribution in [1.82, 2.24) is 14.9 Å². The standard InChI is InChI=1S/C15H22ClN3O5S2/c1-15(2,3)24-14(21)19-8-10(9-19)18-26(22,23)7-6-17-13(20)11-4-5-12(16)25-11/h4-5,10,18H,6-9H2,1-3H3,(H,17,20). The maximum absolute atomic E-state index is 12.0. The van der Waals surface area contributed by atoms with Crippen LogP contribution >= 0.6 is 22.9 Å². The van der Waals surface area contributed by atoms with Crippen LogP contribution in [0.2, 0.25) is 4.34 Å². The summed E-state index contributed by atoms with van der Waals surface area (Å²) in [5, 5.41) is 2.54. The molecule has 2 N–H and O–H groups in total. The number of carbonyl (C=O) groups is 2. The Labute approximate surface area is 161 Å². The molecule has 1 saturated heterocycles. The number of nitrogens with one attached hydrogen (secondary N) is 2. The number of halogens is 1. The van der Waals surface area contributed by atoms with Gasteiger partial charge in [0, 0.05) is 19.6 Å². The Morgan fingerprint density at radius 2 is 2.00 bits per heavy atom. The summed E-state index contributed by atoms with van der Waals surface area (Å²) in [5.41, 5.74) is -0.591. The summed E-state index contributed by atoms with van der Waals surface area (Å²) in [7, 11) is -3.56. The summed E-state index contributed by atoms with van der Waals surface area (Å²) in [6.07, 6.45) is -0.463. The molecule has 0 saturated carbocycles. The fraction of sp³-hybridized carbons (Fsp3) is 0.600. The van der Waals surface area contributed by atoms with Crippen LogP contribution in [0.3, 0.4) is 0 Å². The molecule has 26 heavy (non-hydrogen) atoms. The first kappa shape index (κ1) is 20.9. The normalized spacial score (nSPS) is 15.5. The quantitative estimate of drug-likeness (QED) is 0.724. The highest BCUT2D eigenvalue weighted by molar-refractivity contribution is 7.89. The molecule has 1 aliphatic heterocycles. The van der Waals surface area contributed by atoms with E-state index in [0.717, 1.165) is 11.3 Å². The molecule has 0 atom stereocenters. The molecule has 1 aliphatic rings. The summed E-state index contributed by atoms with van der Waals surface area (Å²) in [4.78, 5) is 25.5. The third kappa shape index (κ3) is 6.42. The van der Waals surface area contributed by atoms with Crippen LogP contribution in [-0.4, -0.2) is 62.3 Å². The number of carbonyl (C=O) groups excluding carboxylic acids is 2. The van der Waals surface area contributed by atoms with Crippen molar-refractivity contribution in [2.45, 2.75) is 32.4 Å². The van der Waals surface area contributed by atoms with E-state index in [2.05, 4.69) is 10.0 Å². The molecule has 0 unspecified atom stereocenters. The molecule has 1 aromatic rings. The maximum atomic E-state index is 12.0. The highest BCUT2D eigenvalue weighted by Crippen LogP contribution is 2.21. The predicted octanol–water partition coefficient (Wildman–Crippen LogP) is 1.67. The molecule has 0 radical (unpaired) electrons. The number of rotatable bonds is 6.